The standard InChI is InChI=1S/C23H18N2O4/c1-13-8-9-17(12-21(13)25(28)29)24-14(2)10-16(15(24)3)11-20-22(26)18-6-4-5-7-19(18)23(20)27/h4-12H,1-3H3. The zero-order valence-electron chi connectivity index (χ0n) is 16.2. The lowest BCUT2D eigenvalue weighted by atomic mass is 10.1. The van der Waals surface area contributed by atoms with E-state index in [2.05, 4.69) is 0 Å². The number of nitro groups is 1. The maximum atomic E-state index is 12.7. The highest BCUT2D eigenvalue weighted by Gasteiger charge is 2.32. The predicted molar refractivity (Wildman–Crippen MR) is 110 cm³/mol. The molecule has 6 nitrogen and oxygen atoms in total. The number of aryl methyl sites for hydroxylation is 2. The lowest BCUT2D eigenvalue weighted by molar-refractivity contribution is -0.385. The van der Waals surface area contributed by atoms with E-state index in [9.17, 15) is 19.7 Å². The summed E-state index contributed by atoms with van der Waals surface area (Å²) in [7, 11) is 0. The van der Waals surface area contributed by atoms with Gasteiger partial charge in [-0.1, -0.05) is 30.3 Å². The number of rotatable bonds is 3. The van der Waals surface area contributed by atoms with Gasteiger partial charge in [0.05, 0.1) is 16.2 Å². The number of carbonyl (C=O) groups is 2. The Hall–Kier alpha value is -3.80. The Morgan fingerprint density at radius 2 is 1.55 bits per heavy atom. The largest absolute Gasteiger partial charge is 0.318 e. The quantitative estimate of drug-likeness (QED) is 0.281. The van der Waals surface area contributed by atoms with Gasteiger partial charge in [0.2, 0.25) is 0 Å². The molecule has 0 unspecified atom stereocenters. The highest BCUT2D eigenvalue weighted by molar-refractivity contribution is 6.41. The molecule has 3 aromatic rings. The molecule has 1 aliphatic carbocycles. The number of fused-ring (bicyclic) bond motifs is 1. The van der Waals surface area contributed by atoms with Gasteiger partial charge in [-0.15, -0.1) is 0 Å². The summed E-state index contributed by atoms with van der Waals surface area (Å²) >= 11 is 0. The molecule has 0 N–H and O–H groups in total. The van der Waals surface area contributed by atoms with Crippen molar-refractivity contribution in [3.8, 4) is 5.69 Å². The van der Waals surface area contributed by atoms with Crippen molar-refractivity contribution in [3.63, 3.8) is 0 Å². The maximum absolute atomic E-state index is 12.7. The first-order valence-corrected chi connectivity index (χ1v) is 9.14. The molecule has 1 aromatic heterocycles. The van der Waals surface area contributed by atoms with Crippen LogP contribution in [0.1, 0.15) is 43.2 Å². The molecule has 1 heterocycles. The molecule has 4 rings (SSSR count). The number of benzene rings is 2. The summed E-state index contributed by atoms with van der Waals surface area (Å²) in [6.45, 7) is 5.44. The van der Waals surface area contributed by atoms with E-state index >= 15 is 0 Å². The summed E-state index contributed by atoms with van der Waals surface area (Å²) in [6, 6.07) is 13.7. The van der Waals surface area contributed by atoms with Gasteiger partial charge in [0.25, 0.3) is 5.69 Å². The van der Waals surface area contributed by atoms with E-state index in [0.717, 1.165) is 17.0 Å². The Bertz CT molecular complexity index is 1210. The Balaban J connectivity index is 1.81. The summed E-state index contributed by atoms with van der Waals surface area (Å²) < 4.78 is 1.88. The summed E-state index contributed by atoms with van der Waals surface area (Å²) in [4.78, 5) is 36.2. The topological polar surface area (TPSA) is 82.2 Å². The van der Waals surface area contributed by atoms with E-state index in [1.165, 1.54) is 6.07 Å². The van der Waals surface area contributed by atoms with Gasteiger partial charge in [0, 0.05) is 34.1 Å². The zero-order chi connectivity index (χ0) is 20.9. The van der Waals surface area contributed by atoms with Gasteiger partial charge in [-0.2, -0.15) is 0 Å². The molecule has 0 spiro atoms. The highest BCUT2D eigenvalue weighted by atomic mass is 16.6. The van der Waals surface area contributed by atoms with Crippen LogP contribution in [-0.2, 0) is 0 Å². The molecule has 2 aromatic carbocycles. The van der Waals surface area contributed by atoms with Crippen LogP contribution in [0.25, 0.3) is 11.8 Å². The van der Waals surface area contributed by atoms with E-state index in [-0.39, 0.29) is 22.8 Å². The van der Waals surface area contributed by atoms with E-state index in [0.29, 0.717) is 22.4 Å². The zero-order valence-corrected chi connectivity index (χ0v) is 16.2. The highest BCUT2D eigenvalue weighted by Crippen LogP contribution is 2.31. The van der Waals surface area contributed by atoms with Crippen LogP contribution in [0.4, 0.5) is 5.69 Å². The minimum absolute atomic E-state index is 0.0477. The van der Waals surface area contributed by atoms with E-state index in [1.807, 2.05) is 30.5 Å². The van der Waals surface area contributed by atoms with Crippen LogP contribution in [-0.4, -0.2) is 21.1 Å². The van der Waals surface area contributed by atoms with Crippen LogP contribution >= 0.6 is 0 Å². The fourth-order valence-corrected chi connectivity index (χ4v) is 3.82. The van der Waals surface area contributed by atoms with Crippen molar-refractivity contribution in [2.45, 2.75) is 20.8 Å². The van der Waals surface area contributed by atoms with Gasteiger partial charge in [-0.05, 0) is 44.5 Å². The van der Waals surface area contributed by atoms with Gasteiger partial charge in [0.1, 0.15) is 0 Å². The van der Waals surface area contributed by atoms with E-state index in [1.54, 1.807) is 43.3 Å². The van der Waals surface area contributed by atoms with Crippen LogP contribution < -0.4 is 0 Å². The number of nitrogens with zero attached hydrogens (tertiary/aromatic N) is 2. The second kappa shape index (κ2) is 6.67. The molecule has 0 saturated heterocycles. The molecule has 0 aliphatic heterocycles. The number of allylic oxidation sites excluding steroid dienone is 1. The molecule has 0 fully saturated rings. The molecular formula is C23H18N2O4. The van der Waals surface area contributed by atoms with Crippen molar-refractivity contribution in [1.29, 1.82) is 0 Å². The fraction of sp³-hybridized carbons (Fsp3) is 0.130. The van der Waals surface area contributed by atoms with Crippen LogP contribution in [0.15, 0.2) is 54.1 Å². The molecule has 0 radical (unpaired) electrons. The normalized spacial score (nSPS) is 13.0. The smallest absolute Gasteiger partial charge is 0.274 e. The fourth-order valence-electron chi connectivity index (χ4n) is 3.82. The number of hydrogen-bond donors (Lipinski definition) is 0. The van der Waals surface area contributed by atoms with Gasteiger partial charge < -0.3 is 4.57 Å². The molecule has 29 heavy (non-hydrogen) atoms. The summed E-state index contributed by atoms with van der Waals surface area (Å²) in [6.07, 6.45) is 1.62. The maximum Gasteiger partial charge on any atom is 0.274 e. The summed E-state index contributed by atoms with van der Waals surface area (Å²) in [5.41, 5.74) is 4.66. The second-order valence-corrected chi connectivity index (χ2v) is 7.15. The molecule has 6 heteroatoms. The lowest BCUT2D eigenvalue weighted by Gasteiger charge is -2.10. The Morgan fingerprint density at radius 3 is 2.14 bits per heavy atom. The van der Waals surface area contributed by atoms with Crippen molar-refractivity contribution in [1.82, 2.24) is 4.57 Å². The van der Waals surface area contributed by atoms with Crippen molar-refractivity contribution < 1.29 is 14.5 Å². The van der Waals surface area contributed by atoms with E-state index in [4.69, 9.17) is 0 Å². The molecule has 0 bridgehead atoms. The van der Waals surface area contributed by atoms with Gasteiger partial charge >= 0.3 is 0 Å². The number of ketones is 2. The SMILES string of the molecule is Cc1ccc(-n2c(C)cc(C=C3C(=O)c4ccccc4C3=O)c2C)cc1[N+](=O)[O-]. The Morgan fingerprint density at radius 1 is 0.931 bits per heavy atom. The van der Waals surface area contributed by atoms with Gasteiger partial charge in [-0.3, -0.25) is 19.7 Å². The monoisotopic (exact) mass is 386 g/mol. The molecule has 0 amide bonds. The lowest BCUT2D eigenvalue weighted by Crippen LogP contribution is -2.02. The molecular weight excluding hydrogens is 368 g/mol. The minimum Gasteiger partial charge on any atom is -0.318 e. The van der Waals surface area contributed by atoms with Crippen molar-refractivity contribution in [3.05, 3.63) is 97.9 Å². The third-order valence-corrected chi connectivity index (χ3v) is 5.32. The van der Waals surface area contributed by atoms with Gasteiger partial charge in [-0.25, -0.2) is 0 Å². The molecule has 0 saturated carbocycles. The average molecular weight is 386 g/mol. The van der Waals surface area contributed by atoms with Crippen molar-refractivity contribution in [2.75, 3.05) is 0 Å². The summed E-state index contributed by atoms with van der Waals surface area (Å²) in [5.74, 6) is -0.553. The summed E-state index contributed by atoms with van der Waals surface area (Å²) in [5, 5.41) is 11.3. The number of aromatic nitrogens is 1. The first kappa shape index (κ1) is 18.6. The Kier molecular flexibility index (Phi) is 4.27. The second-order valence-electron chi connectivity index (χ2n) is 7.15. The van der Waals surface area contributed by atoms with E-state index < -0.39 is 4.92 Å². The number of Topliss-reactive ketones (excluding diaryl/α,β-unsaturated/α-hetero) is 2. The number of hydrogen-bond acceptors (Lipinski definition) is 4. The van der Waals surface area contributed by atoms with Crippen molar-refractivity contribution in [2.24, 2.45) is 0 Å². The van der Waals surface area contributed by atoms with Crippen molar-refractivity contribution >= 4 is 23.3 Å². The first-order valence-electron chi connectivity index (χ1n) is 9.14. The molecule has 0 atom stereocenters. The number of nitro benzene ring substituents is 1. The number of carbonyl (C=O) groups excluding carboxylic acids is 2. The molecule has 144 valence electrons. The molecule has 1 aliphatic rings. The van der Waals surface area contributed by atoms with Crippen LogP contribution in [0.5, 0.6) is 0 Å². The van der Waals surface area contributed by atoms with Gasteiger partial charge in [0.15, 0.2) is 11.6 Å². The Labute approximate surface area is 167 Å². The third-order valence-electron chi connectivity index (χ3n) is 5.32. The predicted octanol–water partition coefficient (Wildman–Crippen LogP) is 4.77. The van der Waals surface area contributed by atoms with Crippen LogP contribution in [0.2, 0.25) is 0 Å². The van der Waals surface area contributed by atoms with Crippen LogP contribution in [0, 0.1) is 30.9 Å². The first-order chi connectivity index (χ1) is 13.8. The third kappa shape index (κ3) is 2.89. The minimum atomic E-state index is -0.400. The average Bonchev–Trinajstić information content (AvgIpc) is 3.11. The van der Waals surface area contributed by atoms with Crippen LogP contribution in [0.3, 0.4) is 0 Å².